The van der Waals surface area contributed by atoms with Gasteiger partial charge in [0.1, 0.15) is 5.60 Å². The molecule has 1 aromatic rings. The lowest BCUT2D eigenvalue weighted by atomic mass is 9.94. The van der Waals surface area contributed by atoms with Gasteiger partial charge in [0.2, 0.25) is 0 Å². The SMILES string of the molecule is CCC(CC)c1cccc(NC(=O)OC(C)(C)C)c1. The van der Waals surface area contributed by atoms with Crippen molar-refractivity contribution in [3.8, 4) is 0 Å². The molecule has 0 spiro atoms. The van der Waals surface area contributed by atoms with Crippen molar-refractivity contribution in [2.24, 2.45) is 0 Å². The van der Waals surface area contributed by atoms with Crippen molar-refractivity contribution in [2.45, 2.75) is 59.0 Å². The predicted octanol–water partition coefficient (Wildman–Crippen LogP) is 4.94. The van der Waals surface area contributed by atoms with Crippen LogP contribution in [0, 0.1) is 0 Å². The number of hydrogen-bond donors (Lipinski definition) is 1. The lowest BCUT2D eigenvalue weighted by molar-refractivity contribution is 0.0636. The van der Waals surface area contributed by atoms with E-state index in [1.807, 2.05) is 39.0 Å². The van der Waals surface area contributed by atoms with Crippen LogP contribution in [0.5, 0.6) is 0 Å². The highest BCUT2D eigenvalue weighted by atomic mass is 16.6. The average molecular weight is 263 g/mol. The number of carbonyl (C=O) groups is 1. The maximum absolute atomic E-state index is 11.7. The van der Waals surface area contributed by atoms with E-state index in [4.69, 9.17) is 4.74 Å². The molecule has 0 unspecified atom stereocenters. The summed E-state index contributed by atoms with van der Waals surface area (Å²) in [6, 6.07) is 8.00. The van der Waals surface area contributed by atoms with Gasteiger partial charge >= 0.3 is 6.09 Å². The molecule has 0 atom stereocenters. The highest BCUT2D eigenvalue weighted by Gasteiger charge is 2.16. The number of rotatable bonds is 4. The third kappa shape index (κ3) is 5.33. The van der Waals surface area contributed by atoms with E-state index in [0.717, 1.165) is 18.5 Å². The Bertz CT molecular complexity index is 417. The van der Waals surface area contributed by atoms with Crippen LogP contribution in [-0.4, -0.2) is 11.7 Å². The van der Waals surface area contributed by atoms with E-state index < -0.39 is 11.7 Å². The molecule has 0 aliphatic carbocycles. The number of ether oxygens (including phenoxy) is 1. The molecule has 0 aliphatic rings. The Morgan fingerprint density at radius 1 is 1.26 bits per heavy atom. The fourth-order valence-electron chi connectivity index (χ4n) is 2.05. The van der Waals surface area contributed by atoms with E-state index >= 15 is 0 Å². The summed E-state index contributed by atoms with van der Waals surface area (Å²) in [6.45, 7) is 9.93. The molecule has 3 heteroatoms. The van der Waals surface area contributed by atoms with Crippen molar-refractivity contribution in [3.63, 3.8) is 0 Å². The normalized spacial score (nSPS) is 11.5. The maximum atomic E-state index is 11.7. The monoisotopic (exact) mass is 263 g/mol. The fraction of sp³-hybridized carbons (Fsp3) is 0.562. The zero-order valence-electron chi connectivity index (χ0n) is 12.6. The first-order valence-corrected chi connectivity index (χ1v) is 6.95. The van der Waals surface area contributed by atoms with Gasteiger partial charge in [-0.05, 0) is 57.2 Å². The molecule has 1 rings (SSSR count). The average Bonchev–Trinajstić information content (AvgIpc) is 2.28. The zero-order valence-corrected chi connectivity index (χ0v) is 12.6. The minimum absolute atomic E-state index is 0.408. The predicted molar refractivity (Wildman–Crippen MR) is 79.6 cm³/mol. The molecule has 0 aromatic heterocycles. The van der Waals surface area contributed by atoms with E-state index in [1.165, 1.54) is 5.56 Å². The highest BCUT2D eigenvalue weighted by molar-refractivity contribution is 5.84. The molecule has 1 aromatic carbocycles. The topological polar surface area (TPSA) is 38.3 Å². The van der Waals surface area contributed by atoms with Gasteiger partial charge in [-0.1, -0.05) is 26.0 Å². The molecule has 0 bridgehead atoms. The van der Waals surface area contributed by atoms with E-state index in [9.17, 15) is 4.79 Å². The molecule has 106 valence electrons. The van der Waals surface area contributed by atoms with Gasteiger partial charge in [0.05, 0.1) is 0 Å². The molecule has 1 amide bonds. The standard InChI is InChI=1S/C16H25NO2/c1-6-12(7-2)13-9-8-10-14(11-13)17-15(18)19-16(3,4)5/h8-12H,6-7H2,1-5H3,(H,17,18). The third-order valence-corrected chi connectivity index (χ3v) is 2.99. The van der Waals surface area contributed by atoms with Crippen molar-refractivity contribution in [1.29, 1.82) is 0 Å². The maximum Gasteiger partial charge on any atom is 0.412 e. The van der Waals surface area contributed by atoms with E-state index in [1.54, 1.807) is 0 Å². The van der Waals surface area contributed by atoms with Crippen molar-refractivity contribution in [1.82, 2.24) is 0 Å². The van der Waals surface area contributed by atoms with Crippen molar-refractivity contribution >= 4 is 11.8 Å². The Balaban J connectivity index is 2.74. The van der Waals surface area contributed by atoms with Gasteiger partial charge < -0.3 is 4.74 Å². The lowest BCUT2D eigenvalue weighted by Crippen LogP contribution is -2.27. The number of benzene rings is 1. The first-order valence-electron chi connectivity index (χ1n) is 6.95. The Morgan fingerprint density at radius 3 is 2.42 bits per heavy atom. The van der Waals surface area contributed by atoms with Gasteiger partial charge in [-0.15, -0.1) is 0 Å². The van der Waals surface area contributed by atoms with Gasteiger partial charge in [-0.3, -0.25) is 5.32 Å². The molecule has 19 heavy (non-hydrogen) atoms. The second-order valence-corrected chi connectivity index (χ2v) is 5.77. The fourth-order valence-corrected chi connectivity index (χ4v) is 2.05. The molecule has 1 N–H and O–H groups in total. The molecular weight excluding hydrogens is 238 g/mol. The van der Waals surface area contributed by atoms with Crippen LogP contribution in [0.2, 0.25) is 0 Å². The van der Waals surface area contributed by atoms with Crippen LogP contribution >= 0.6 is 0 Å². The first kappa shape index (κ1) is 15.5. The summed E-state index contributed by atoms with van der Waals surface area (Å²) in [5, 5.41) is 2.78. The minimum Gasteiger partial charge on any atom is -0.444 e. The van der Waals surface area contributed by atoms with Crippen molar-refractivity contribution in [2.75, 3.05) is 5.32 Å². The van der Waals surface area contributed by atoms with Crippen LogP contribution in [0.1, 0.15) is 58.9 Å². The molecular formula is C16H25NO2. The number of nitrogens with one attached hydrogen (secondary N) is 1. The summed E-state index contributed by atoms with van der Waals surface area (Å²) < 4.78 is 5.24. The Hall–Kier alpha value is -1.51. The second kappa shape index (κ2) is 6.60. The quantitative estimate of drug-likeness (QED) is 0.835. The molecule has 0 radical (unpaired) electrons. The molecule has 0 fully saturated rings. The number of carbonyl (C=O) groups excluding carboxylic acids is 1. The van der Waals surface area contributed by atoms with Crippen LogP contribution in [0.4, 0.5) is 10.5 Å². The van der Waals surface area contributed by atoms with Gasteiger partial charge in [0.15, 0.2) is 0 Å². The molecule has 3 nitrogen and oxygen atoms in total. The summed E-state index contributed by atoms with van der Waals surface area (Å²) in [6.07, 6.45) is 1.80. The van der Waals surface area contributed by atoms with Crippen LogP contribution in [0.3, 0.4) is 0 Å². The first-order chi connectivity index (χ1) is 8.85. The molecule has 0 heterocycles. The smallest absolute Gasteiger partial charge is 0.412 e. The number of hydrogen-bond acceptors (Lipinski definition) is 2. The Labute approximate surface area is 116 Å². The van der Waals surface area contributed by atoms with E-state index in [0.29, 0.717) is 5.92 Å². The van der Waals surface area contributed by atoms with Crippen LogP contribution in [0.25, 0.3) is 0 Å². The largest absolute Gasteiger partial charge is 0.444 e. The summed E-state index contributed by atoms with van der Waals surface area (Å²) in [4.78, 5) is 11.7. The lowest BCUT2D eigenvalue weighted by Gasteiger charge is -2.20. The molecule has 0 saturated heterocycles. The zero-order chi connectivity index (χ0) is 14.5. The third-order valence-electron chi connectivity index (χ3n) is 2.99. The molecule has 0 saturated carbocycles. The number of amides is 1. The summed E-state index contributed by atoms with van der Waals surface area (Å²) in [7, 11) is 0. The Morgan fingerprint density at radius 2 is 1.89 bits per heavy atom. The van der Waals surface area contributed by atoms with Crippen LogP contribution in [0.15, 0.2) is 24.3 Å². The minimum atomic E-state index is -0.475. The van der Waals surface area contributed by atoms with Gasteiger partial charge in [0.25, 0.3) is 0 Å². The summed E-state index contributed by atoms with van der Waals surface area (Å²) in [5.74, 6) is 0.542. The van der Waals surface area contributed by atoms with E-state index in [2.05, 4.69) is 25.2 Å². The summed E-state index contributed by atoms with van der Waals surface area (Å²) in [5.41, 5.74) is 1.58. The Kier molecular flexibility index (Phi) is 5.40. The van der Waals surface area contributed by atoms with Crippen molar-refractivity contribution < 1.29 is 9.53 Å². The highest BCUT2D eigenvalue weighted by Crippen LogP contribution is 2.25. The molecule has 0 aliphatic heterocycles. The second-order valence-electron chi connectivity index (χ2n) is 5.77. The van der Waals surface area contributed by atoms with Gasteiger partial charge in [0, 0.05) is 5.69 Å². The van der Waals surface area contributed by atoms with Gasteiger partial charge in [-0.25, -0.2) is 4.79 Å². The number of anilines is 1. The summed E-state index contributed by atoms with van der Waals surface area (Å²) >= 11 is 0. The van der Waals surface area contributed by atoms with Crippen molar-refractivity contribution in [3.05, 3.63) is 29.8 Å². The van der Waals surface area contributed by atoms with Crippen LogP contribution in [-0.2, 0) is 4.74 Å². The van der Waals surface area contributed by atoms with Gasteiger partial charge in [-0.2, -0.15) is 0 Å². The van der Waals surface area contributed by atoms with E-state index in [-0.39, 0.29) is 0 Å². The van der Waals surface area contributed by atoms with Crippen LogP contribution < -0.4 is 5.32 Å².